The molecule has 0 saturated carbocycles. The number of methoxy groups -OCH3 is 2. The zero-order valence-electron chi connectivity index (χ0n) is 18.7. The van der Waals surface area contributed by atoms with E-state index < -0.39 is 17.5 Å². The number of carbonyl (C=O) groups is 3. The molecule has 0 aliphatic carbocycles. The molecule has 1 fully saturated rings. The molecule has 170 valence electrons. The van der Waals surface area contributed by atoms with Gasteiger partial charge in [0.1, 0.15) is 12.1 Å². The molecule has 1 atom stereocenters. The highest BCUT2D eigenvalue weighted by Gasteiger charge is 2.49. The molecule has 1 N–H and O–H groups in total. The maximum atomic E-state index is 13.1. The molecule has 2 aliphatic rings. The van der Waals surface area contributed by atoms with Gasteiger partial charge in [-0.25, -0.2) is 4.79 Å². The highest BCUT2D eigenvalue weighted by molar-refractivity contribution is 6.09. The van der Waals surface area contributed by atoms with E-state index in [-0.39, 0.29) is 12.5 Å². The van der Waals surface area contributed by atoms with Gasteiger partial charge in [-0.2, -0.15) is 5.26 Å². The largest absolute Gasteiger partial charge is 0.493 e. The minimum Gasteiger partial charge on any atom is -0.493 e. The summed E-state index contributed by atoms with van der Waals surface area (Å²) >= 11 is 0. The van der Waals surface area contributed by atoms with Crippen LogP contribution in [0.25, 0.3) is 0 Å². The second-order valence-electron chi connectivity index (χ2n) is 8.18. The standard InChI is InChI=1S/C24H24N4O5/c1-24(18-6-4-15(12-25)5-7-18)22(30)28(23(31)26-24)14-21(29)27-9-8-16-10-19(32-2)20(33-3)11-17(16)13-27/h4-7,10-11H,8-9,13-14H2,1-3H3,(H,26,31). The molecule has 2 heterocycles. The van der Waals surface area contributed by atoms with Crippen molar-refractivity contribution in [3.05, 3.63) is 58.7 Å². The van der Waals surface area contributed by atoms with Crippen molar-refractivity contribution in [1.29, 1.82) is 5.26 Å². The van der Waals surface area contributed by atoms with Crippen LogP contribution in [0.15, 0.2) is 36.4 Å². The van der Waals surface area contributed by atoms with Crippen LogP contribution in [0.1, 0.15) is 29.2 Å². The van der Waals surface area contributed by atoms with Gasteiger partial charge in [-0.1, -0.05) is 12.1 Å². The van der Waals surface area contributed by atoms with Gasteiger partial charge >= 0.3 is 6.03 Å². The maximum absolute atomic E-state index is 13.1. The fourth-order valence-electron chi connectivity index (χ4n) is 4.25. The average molecular weight is 448 g/mol. The number of hydrogen-bond donors (Lipinski definition) is 1. The van der Waals surface area contributed by atoms with Crippen LogP contribution in [-0.2, 0) is 28.1 Å². The van der Waals surface area contributed by atoms with Gasteiger partial charge in [0.2, 0.25) is 5.91 Å². The SMILES string of the molecule is COc1cc2c(cc1OC)CN(C(=O)CN1C(=O)NC(C)(c3ccc(C#N)cc3)C1=O)CC2. The number of ether oxygens (including phenoxy) is 2. The molecular weight excluding hydrogens is 424 g/mol. The van der Waals surface area contributed by atoms with E-state index in [1.54, 1.807) is 50.3 Å². The Labute approximate surface area is 191 Å². The Morgan fingerprint density at radius 1 is 1.12 bits per heavy atom. The lowest BCUT2D eigenvalue weighted by Gasteiger charge is -2.30. The molecule has 9 nitrogen and oxygen atoms in total. The summed E-state index contributed by atoms with van der Waals surface area (Å²) in [5.41, 5.74) is 1.70. The molecule has 1 unspecified atom stereocenters. The third-order valence-corrected chi connectivity index (χ3v) is 6.23. The Hall–Kier alpha value is -4.06. The molecule has 0 radical (unpaired) electrons. The van der Waals surface area contributed by atoms with Crippen LogP contribution in [0.2, 0.25) is 0 Å². The molecule has 2 aromatic carbocycles. The molecule has 2 aromatic rings. The Morgan fingerprint density at radius 3 is 2.36 bits per heavy atom. The fraction of sp³-hybridized carbons (Fsp3) is 0.333. The van der Waals surface area contributed by atoms with Crippen LogP contribution in [0.5, 0.6) is 11.5 Å². The number of amides is 4. The van der Waals surface area contributed by atoms with Gasteiger partial charge in [0, 0.05) is 13.1 Å². The number of nitriles is 1. The molecule has 0 spiro atoms. The molecule has 33 heavy (non-hydrogen) atoms. The van der Waals surface area contributed by atoms with Crippen LogP contribution in [0, 0.1) is 11.3 Å². The Morgan fingerprint density at radius 2 is 1.76 bits per heavy atom. The van der Waals surface area contributed by atoms with E-state index in [2.05, 4.69) is 5.32 Å². The fourth-order valence-corrected chi connectivity index (χ4v) is 4.25. The van der Waals surface area contributed by atoms with E-state index in [1.807, 2.05) is 18.2 Å². The lowest BCUT2D eigenvalue weighted by atomic mass is 9.91. The number of imide groups is 1. The first-order valence-corrected chi connectivity index (χ1v) is 10.5. The van der Waals surface area contributed by atoms with Crippen molar-refractivity contribution in [3.8, 4) is 17.6 Å². The minimum atomic E-state index is -1.30. The van der Waals surface area contributed by atoms with E-state index in [0.717, 1.165) is 16.0 Å². The first kappa shape index (κ1) is 22.1. The molecule has 4 amide bonds. The van der Waals surface area contributed by atoms with Gasteiger partial charge in [0.05, 0.1) is 25.9 Å². The van der Waals surface area contributed by atoms with Crippen molar-refractivity contribution in [2.75, 3.05) is 27.3 Å². The average Bonchev–Trinajstić information content (AvgIpc) is 3.06. The molecular formula is C24H24N4O5. The molecule has 1 saturated heterocycles. The van der Waals surface area contributed by atoms with E-state index >= 15 is 0 Å². The predicted octanol–water partition coefficient (Wildman–Crippen LogP) is 1.93. The lowest BCUT2D eigenvalue weighted by molar-refractivity contribution is -0.139. The number of fused-ring (bicyclic) bond motifs is 1. The van der Waals surface area contributed by atoms with E-state index in [9.17, 15) is 14.4 Å². The van der Waals surface area contributed by atoms with Crippen molar-refractivity contribution in [3.63, 3.8) is 0 Å². The van der Waals surface area contributed by atoms with E-state index in [1.165, 1.54) is 0 Å². The Kier molecular flexibility index (Phi) is 5.68. The second-order valence-corrected chi connectivity index (χ2v) is 8.18. The summed E-state index contributed by atoms with van der Waals surface area (Å²) in [7, 11) is 3.13. The zero-order valence-corrected chi connectivity index (χ0v) is 18.7. The number of carbonyl (C=O) groups excluding carboxylic acids is 3. The Bertz CT molecular complexity index is 1170. The molecule has 2 aliphatic heterocycles. The molecule has 4 rings (SSSR count). The summed E-state index contributed by atoms with van der Waals surface area (Å²) in [5, 5.41) is 11.7. The summed E-state index contributed by atoms with van der Waals surface area (Å²) in [4.78, 5) is 41.4. The van der Waals surface area contributed by atoms with Crippen LogP contribution in [-0.4, -0.2) is 55.0 Å². The van der Waals surface area contributed by atoms with Crippen LogP contribution in [0.3, 0.4) is 0 Å². The van der Waals surface area contributed by atoms with Crippen molar-refractivity contribution >= 4 is 17.8 Å². The van der Waals surface area contributed by atoms with Crippen LogP contribution in [0.4, 0.5) is 4.79 Å². The van der Waals surface area contributed by atoms with Crippen molar-refractivity contribution in [1.82, 2.24) is 15.1 Å². The van der Waals surface area contributed by atoms with E-state index in [4.69, 9.17) is 14.7 Å². The van der Waals surface area contributed by atoms with Gasteiger partial charge in [-0.15, -0.1) is 0 Å². The van der Waals surface area contributed by atoms with Crippen LogP contribution >= 0.6 is 0 Å². The van der Waals surface area contributed by atoms with Crippen LogP contribution < -0.4 is 14.8 Å². The number of hydrogen-bond acceptors (Lipinski definition) is 6. The number of urea groups is 1. The number of nitrogens with zero attached hydrogens (tertiary/aromatic N) is 3. The molecule has 9 heteroatoms. The highest BCUT2D eigenvalue weighted by Crippen LogP contribution is 2.34. The van der Waals surface area contributed by atoms with Crippen molar-refractivity contribution < 1.29 is 23.9 Å². The maximum Gasteiger partial charge on any atom is 0.325 e. The Balaban J connectivity index is 1.49. The van der Waals surface area contributed by atoms with Gasteiger partial charge < -0.3 is 19.7 Å². The summed E-state index contributed by atoms with van der Waals surface area (Å²) < 4.78 is 10.7. The molecule has 0 aromatic heterocycles. The molecule has 0 bridgehead atoms. The topological polar surface area (TPSA) is 112 Å². The highest BCUT2D eigenvalue weighted by atomic mass is 16.5. The third-order valence-electron chi connectivity index (χ3n) is 6.23. The summed E-state index contributed by atoms with van der Waals surface area (Å²) in [6.45, 7) is 2.07. The summed E-state index contributed by atoms with van der Waals surface area (Å²) in [6.07, 6.45) is 0.629. The zero-order chi connectivity index (χ0) is 23.8. The number of nitrogens with one attached hydrogen (secondary N) is 1. The van der Waals surface area contributed by atoms with Crippen molar-refractivity contribution in [2.45, 2.75) is 25.4 Å². The van der Waals surface area contributed by atoms with Gasteiger partial charge in [-0.05, 0) is 54.3 Å². The lowest BCUT2D eigenvalue weighted by Crippen LogP contribution is -2.45. The first-order valence-electron chi connectivity index (χ1n) is 10.5. The van der Waals surface area contributed by atoms with Crippen molar-refractivity contribution in [2.24, 2.45) is 0 Å². The van der Waals surface area contributed by atoms with E-state index in [0.29, 0.717) is 42.1 Å². The minimum absolute atomic E-state index is 0.317. The first-order chi connectivity index (χ1) is 15.8. The number of benzene rings is 2. The third kappa shape index (κ3) is 3.84. The summed E-state index contributed by atoms with van der Waals surface area (Å²) in [5.74, 6) is 0.396. The summed E-state index contributed by atoms with van der Waals surface area (Å²) in [6, 6.07) is 11.6. The second kappa shape index (κ2) is 8.47. The van der Waals surface area contributed by atoms with Gasteiger partial charge in [0.15, 0.2) is 11.5 Å². The smallest absolute Gasteiger partial charge is 0.325 e. The monoisotopic (exact) mass is 448 g/mol. The quantitative estimate of drug-likeness (QED) is 0.700. The van der Waals surface area contributed by atoms with Gasteiger partial charge in [-0.3, -0.25) is 14.5 Å². The normalized spacial score (nSPS) is 19.6. The predicted molar refractivity (Wildman–Crippen MR) is 117 cm³/mol. The number of rotatable bonds is 5. The van der Waals surface area contributed by atoms with Gasteiger partial charge in [0.25, 0.3) is 5.91 Å².